The van der Waals surface area contributed by atoms with E-state index in [0.717, 1.165) is 26.0 Å². The first-order chi connectivity index (χ1) is 7.88. The predicted molar refractivity (Wildman–Crippen MR) is 60.8 cm³/mol. The number of aryl methyl sites for hydroxylation is 1. The molecule has 0 bridgehead atoms. The van der Waals surface area contributed by atoms with Crippen molar-refractivity contribution in [2.75, 3.05) is 24.3 Å². The normalized spacial score (nSPS) is 20.9. The van der Waals surface area contributed by atoms with Crippen LogP contribution in [0.1, 0.15) is 25.2 Å². The smallest absolute Gasteiger partial charge is 0.315 e. The Kier molecular flexibility index (Phi) is 4.42. The first kappa shape index (κ1) is 11.7. The van der Waals surface area contributed by atoms with Gasteiger partial charge in [0.2, 0.25) is 5.89 Å². The predicted octanol–water partition coefficient (Wildman–Crippen LogP) is 1.83. The van der Waals surface area contributed by atoms with Crippen molar-refractivity contribution in [2.24, 2.45) is 0 Å². The average Bonchev–Trinajstić information content (AvgIpc) is 2.76. The number of aromatic nitrogens is 2. The average molecular weight is 246 g/mol. The Morgan fingerprint density at radius 2 is 2.31 bits per heavy atom. The van der Waals surface area contributed by atoms with E-state index in [-0.39, 0.29) is 6.10 Å². The van der Waals surface area contributed by atoms with Crippen LogP contribution in [0.4, 0.5) is 6.01 Å². The molecule has 0 aromatic carbocycles. The van der Waals surface area contributed by atoms with Crippen molar-refractivity contribution in [3.05, 3.63) is 5.89 Å². The van der Waals surface area contributed by atoms with Gasteiger partial charge in [-0.25, -0.2) is 0 Å². The van der Waals surface area contributed by atoms with Crippen molar-refractivity contribution in [1.82, 2.24) is 10.2 Å². The third kappa shape index (κ3) is 3.35. The van der Waals surface area contributed by atoms with Gasteiger partial charge in [0.15, 0.2) is 0 Å². The van der Waals surface area contributed by atoms with Gasteiger partial charge in [0.05, 0.1) is 6.10 Å². The summed E-state index contributed by atoms with van der Waals surface area (Å²) in [6.07, 6.45) is 4.35. The summed E-state index contributed by atoms with van der Waals surface area (Å²) in [5.41, 5.74) is 0. The second-order valence-corrected chi connectivity index (χ2v) is 4.19. The Morgan fingerprint density at radius 1 is 1.38 bits per heavy atom. The van der Waals surface area contributed by atoms with Crippen LogP contribution < -0.4 is 5.32 Å². The second-order valence-electron chi connectivity index (χ2n) is 3.81. The highest BCUT2D eigenvalue weighted by Gasteiger charge is 2.14. The van der Waals surface area contributed by atoms with Crippen molar-refractivity contribution < 1.29 is 9.15 Å². The third-order valence-corrected chi connectivity index (χ3v) is 2.72. The van der Waals surface area contributed by atoms with Gasteiger partial charge < -0.3 is 14.5 Å². The maximum absolute atomic E-state index is 5.58. The number of nitrogens with one attached hydrogen (secondary N) is 1. The zero-order valence-electron chi connectivity index (χ0n) is 9.12. The lowest BCUT2D eigenvalue weighted by Gasteiger charge is -2.22. The fourth-order valence-corrected chi connectivity index (χ4v) is 1.84. The molecule has 0 radical (unpaired) electrons. The topological polar surface area (TPSA) is 60.2 Å². The molecule has 1 saturated heterocycles. The number of halogens is 1. The maximum atomic E-state index is 5.58. The SMILES string of the molecule is ClCCc1nnc(NCC2CCCCO2)o1. The summed E-state index contributed by atoms with van der Waals surface area (Å²) in [5.74, 6) is 1.06. The Bertz CT molecular complexity index is 313. The zero-order valence-corrected chi connectivity index (χ0v) is 9.87. The van der Waals surface area contributed by atoms with Gasteiger partial charge in [0.1, 0.15) is 0 Å². The number of nitrogens with zero attached hydrogens (tertiary/aromatic N) is 2. The van der Waals surface area contributed by atoms with E-state index >= 15 is 0 Å². The van der Waals surface area contributed by atoms with Crippen molar-refractivity contribution >= 4 is 17.6 Å². The lowest BCUT2D eigenvalue weighted by molar-refractivity contribution is 0.0244. The van der Waals surface area contributed by atoms with E-state index in [4.69, 9.17) is 20.8 Å². The van der Waals surface area contributed by atoms with Crippen molar-refractivity contribution in [1.29, 1.82) is 0 Å². The molecule has 1 aliphatic rings. The molecule has 1 N–H and O–H groups in total. The lowest BCUT2D eigenvalue weighted by atomic mass is 10.1. The Labute approximate surface area is 99.5 Å². The first-order valence-corrected chi connectivity index (χ1v) is 6.16. The van der Waals surface area contributed by atoms with Crippen molar-refractivity contribution in [3.63, 3.8) is 0 Å². The minimum absolute atomic E-state index is 0.261. The largest absolute Gasteiger partial charge is 0.408 e. The van der Waals surface area contributed by atoms with E-state index < -0.39 is 0 Å². The third-order valence-electron chi connectivity index (χ3n) is 2.53. The fraction of sp³-hybridized carbons (Fsp3) is 0.800. The second kappa shape index (κ2) is 6.06. The quantitative estimate of drug-likeness (QED) is 0.802. The highest BCUT2D eigenvalue weighted by molar-refractivity contribution is 6.17. The molecule has 1 unspecified atom stereocenters. The fourth-order valence-electron chi connectivity index (χ4n) is 1.68. The summed E-state index contributed by atoms with van der Waals surface area (Å²) >= 11 is 5.58. The minimum atomic E-state index is 0.261. The molecule has 5 nitrogen and oxygen atoms in total. The van der Waals surface area contributed by atoms with Crippen LogP contribution in [0.5, 0.6) is 0 Å². The van der Waals surface area contributed by atoms with E-state index in [9.17, 15) is 0 Å². The van der Waals surface area contributed by atoms with E-state index in [1.54, 1.807) is 0 Å². The molecule has 0 amide bonds. The number of hydrogen-bond donors (Lipinski definition) is 1. The zero-order chi connectivity index (χ0) is 11.2. The standard InChI is InChI=1S/C10H16ClN3O2/c11-5-4-9-13-14-10(16-9)12-7-8-3-1-2-6-15-8/h8H,1-7H2,(H,12,14). The highest BCUT2D eigenvalue weighted by Crippen LogP contribution is 2.14. The number of rotatable bonds is 5. The summed E-state index contributed by atoms with van der Waals surface area (Å²) in [5, 5.41) is 10.8. The number of hydrogen-bond acceptors (Lipinski definition) is 5. The number of alkyl halides is 1. The molecular weight excluding hydrogens is 230 g/mol. The molecular formula is C10H16ClN3O2. The van der Waals surface area contributed by atoms with Gasteiger partial charge in [-0.2, -0.15) is 0 Å². The summed E-state index contributed by atoms with van der Waals surface area (Å²) in [7, 11) is 0. The molecule has 16 heavy (non-hydrogen) atoms. The van der Waals surface area contributed by atoms with Gasteiger partial charge in [0.25, 0.3) is 0 Å². The molecule has 2 heterocycles. The van der Waals surface area contributed by atoms with Gasteiger partial charge >= 0.3 is 6.01 Å². The molecule has 0 saturated carbocycles. The molecule has 0 aliphatic carbocycles. The van der Waals surface area contributed by atoms with Crippen LogP contribution in [-0.4, -0.2) is 35.3 Å². The summed E-state index contributed by atoms with van der Waals surface area (Å²) in [6.45, 7) is 1.58. The Hall–Kier alpha value is -0.810. The molecule has 6 heteroatoms. The first-order valence-electron chi connectivity index (χ1n) is 5.62. The van der Waals surface area contributed by atoms with E-state index in [1.165, 1.54) is 6.42 Å². The summed E-state index contributed by atoms with van der Waals surface area (Å²) in [4.78, 5) is 0. The van der Waals surface area contributed by atoms with E-state index in [2.05, 4.69) is 15.5 Å². The summed E-state index contributed by atoms with van der Waals surface area (Å²) in [6, 6.07) is 0.453. The van der Waals surface area contributed by atoms with Gasteiger partial charge in [-0.15, -0.1) is 16.7 Å². The van der Waals surface area contributed by atoms with Gasteiger partial charge in [0, 0.05) is 25.5 Å². The molecule has 1 fully saturated rings. The van der Waals surface area contributed by atoms with Crippen molar-refractivity contribution in [3.8, 4) is 0 Å². The summed E-state index contributed by atoms with van der Waals surface area (Å²) < 4.78 is 10.9. The minimum Gasteiger partial charge on any atom is -0.408 e. The lowest BCUT2D eigenvalue weighted by Crippen LogP contribution is -2.27. The number of ether oxygens (including phenoxy) is 1. The maximum Gasteiger partial charge on any atom is 0.315 e. The van der Waals surface area contributed by atoms with Crippen molar-refractivity contribution in [2.45, 2.75) is 31.8 Å². The van der Waals surface area contributed by atoms with Crippen LogP contribution in [0.2, 0.25) is 0 Å². The highest BCUT2D eigenvalue weighted by atomic mass is 35.5. The van der Waals surface area contributed by atoms with Gasteiger partial charge in [-0.1, -0.05) is 5.10 Å². The molecule has 1 aliphatic heterocycles. The van der Waals surface area contributed by atoms with Gasteiger partial charge in [-0.3, -0.25) is 0 Å². The molecule has 0 spiro atoms. The Balaban J connectivity index is 1.75. The molecule has 2 rings (SSSR count). The van der Waals surface area contributed by atoms with Crippen LogP contribution in [0.15, 0.2) is 4.42 Å². The monoisotopic (exact) mass is 245 g/mol. The van der Waals surface area contributed by atoms with Crippen LogP contribution in [0.25, 0.3) is 0 Å². The van der Waals surface area contributed by atoms with E-state index in [0.29, 0.717) is 24.2 Å². The van der Waals surface area contributed by atoms with E-state index in [1.807, 2.05) is 0 Å². The van der Waals surface area contributed by atoms with Crippen LogP contribution in [0.3, 0.4) is 0 Å². The number of anilines is 1. The Morgan fingerprint density at radius 3 is 3.06 bits per heavy atom. The van der Waals surface area contributed by atoms with Gasteiger partial charge in [-0.05, 0) is 19.3 Å². The molecule has 90 valence electrons. The molecule has 1 aromatic rings. The molecule has 1 aromatic heterocycles. The van der Waals surface area contributed by atoms with Crippen LogP contribution in [-0.2, 0) is 11.2 Å². The van der Waals surface area contributed by atoms with Crippen LogP contribution in [0, 0.1) is 0 Å². The van der Waals surface area contributed by atoms with Crippen LogP contribution >= 0.6 is 11.6 Å². The molecule has 1 atom stereocenters.